The molecule has 1 atom stereocenters. The maximum absolute atomic E-state index is 11.1. The van der Waals surface area contributed by atoms with Gasteiger partial charge < -0.3 is 9.47 Å². The first-order valence-electron chi connectivity index (χ1n) is 5.94. The fourth-order valence-electron chi connectivity index (χ4n) is 1.65. The molecule has 104 valence electrons. The first kappa shape index (κ1) is 13.8. The van der Waals surface area contributed by atoms with Gasteiger partial charge in [-0.05, 0) is 37.1 Å². The molecule has 0 aromatic heterocycles. The van der Waals surface area contributed by atoms with Crippen LogP contribution in [0.4, 0.5) is 5.69 Å². The molecule has 0 saturated heterocycles. The van der Waals surface area contributed by atoms with E-state index in [1.54, 1.807) is 32.1 Å². The Hall–Kier alpha value is -2.63. The molecule has 0 saturated carbocycles. The lowest BCUT2D eigenvalue weighted by Crippen LogP contribution is -2.09. The number of hydrogen-bond acceptors (Lipinski definition) is 5. The van der Waals surface area contributed by atoms with Crippen LogP contribution in [0.25, 0.3) is 5.57 Å². The van der Waals surface area contributed by atoms with Crippen LogP contribution in [-0.4, -0.2) is 17.2 Å². The topological polar surface area (TPSA) is 78.7 Å². The minimum absolute atomic E-state index is 0.0331. The number of nitro benzene ring substituents is 1. The maximum Gasteiger partial charge on any atom is 0.336 e. The summed E-state index contributed by atoms with van der Waals surface area (Å²) in [6, 6.07) is 6.11. The molecule has 1 aliphatic heterocycles. The summed E-state index contributed by atoms with van der Waals surface area (Å²) < 4.78 is 10.2. The van der Waals surface area contributed by atoms with Crippen molar-refractivity contribution in [1.82, 2.24) is 0 Å². The highest BCUT2D eigenvalue weighted by atomic mass is 16.7. The van der Waals surface area contributed by atoms with E-state index < -0.39 is 17.2 Å². The normalized spacial score (nSPS) is 18.5. The van der Waals surface area contributed by atoms with Gasteiger partial charge in [-0.3, -0.25) is 10.1 Å². The van der Waals surface area contributed by atoms with Gasteiger partial charge in [-0.2, -0.15) is 0 Å². The quantitative estimate of drug-likeness (QED) is 0.365. The van der Waals surface area contributed by atoms with Crippen LogP contribution in [0.1, 0.15) is 19.4 Å². The number of carbonyl (C=O) groups is 1. The summed E-state index contributed by atoms with van der Waals surface area (Å²) in [4.78, 5) is 21.2. The maximum atomic E-state index is 11.1. The number of benzene rings is 1. The number of allylic oxidation sites excluding steroid dienone is 1. The molecule has 1 aliphatic rings. The number of esters is 1. The number of carbonyl (C=O) groups excluding carboxylic acids is 1. The summed E-state index contributed by atoms with van der Waals surface area (Å²) in [5, 5.41) is 10.6. The highest BCUT2D eigenvalue weighted by Crippen LogP contribution is 2.20. The number of non-ortho nitro benzene ring substituents is 1. The van der Waals surface area contributed by atoms with Gasteiger partial charge in [-0.25, -0.2) is 4.79 Å². The van der Waals surface area contributed by atoms with Crippen molar-refractivity contribution in [3.63, 3.8) is 0 Å². The zero-order chi connectivity index (χ0) is 14.7. The first-order valence-corrected chi connectivity index (χ1v) is 5.94. The summed E-state index contributed by atoms with van der Waals surface area (Å²) in [5.41, 5.74) is 2.11. The van der Waals surface area contributed by atoms with Gasteiger partial charge in [0, 0.05) is 23.8 Å². The standard InChI is InChI=1S/C14H13NO5/c1-9-7-13(20-14(9)16)19-8-10(2)11-3-5-12(6-4-11)15(17)18/h3-8,13H,1-2H3/b10-8-. The first-order chi connectivity index (χ1) is 9.47. The third-order valence-corrected chi connectivity index (χ3v) is 2.84. The van der Waals surface area contributed by atoms with Gasteiger partial charge in [0.1, 0.15) is 0 Å². The Kier molecular flexibility index (Phi) is 3.84. The van der Waals surface area contributed by atoms with E-state index in [0.29, 0.717) is 5.57 Å². The number of nitro groups is 1. The van der Waals surface area contributed by atoms with Crippen molar-refractivity contribution in [3.05, 3.63) is 57.9 Å². The van der Waals surface area contributed by atoms with Crippen LogP contribution in [0.3, 0.4) is 0 Å². The van der Waals surface area contributed by atoms with Crippen LogP contribution in [0.2, 0.25) is 0 Å². The largest absolute Gasteiger partial charge is 0.458 e. The molecule has 6 heteroatoms. The van der Waals surface area contributed by atoms with Gasteiger partial charge in [0.05, 0.1) is 11.2 Å². The number of nitrogens with zero attached hydrogens (tertiary/aromatic N) is 1. The molecular weight excluding hydrogens is 262 g/mol. The van der Waals surface area contributed by atoms with E-state index in [1.165, 1.54) is 18.4 Å². The predicted octanol–water partition coefficient (Wildman–Crippen LogP) is 2.80. The van der Waals surface area contributed by atoms with Gasteiger partial charge in [0.25, 0.3) is 12.0 Å². The summed E-state index contributed by atoms with van der Waals surface area (Å²) in [7, 11) is 0. The van der Waals surface area contributed by atoms with Crippen molar-refractivity contribution in [1.29, 1.82) is 0 Å². The van der Waals surface area contributed by atoms with Crippen molar-refractivity contribution in [2.24, 2.45) is 0 Å². The second-order valence-electron chi connectivity index (χ2n) is 4.36. The molecule has 1 unspecified atom stereocenters. The molecule has 0 radical (unpaired) electrons. The van der Waals surface area contributed by atoms with Gasteiger partial charge in [-0.1, -0.05) is 0 Å². The van der Waals surface area contributed by atoms with E-state index in [1.807, 2.05) is 0 Å². The summed E-state index contributed by atoms with van der Waals surface area (Å²) >= 11 is 0. The summed E-state index contributed by atoms with van der Waals surface area (Å²) in [6.45, 7) is 3.45. The minimum atomic E-state index is -0.713. The predicted molar refractivity (Wildman–Crippen MR) is 71.5 cm³/mol. The fraction of sp³-hybridized carbons (Fsp3) is 0.214. The average molecular weight is 275 g/mol. The van der Waals surface area contributed by atoms with Crippen LogP contribution in [0.5, 0.6) is 0 Å². The molecule has 0 N–H and O–H groups in total. The van der Waals surface area contributed by atoms with E-state index in [-0.39, 0.29) is 5.69 Å². The SMILES string of the molecule is CC1=CC(O/C=C(/C)c2ccc([N+](=O)[O-])cc2)OC1=O. The molecule has 0 amide bonds. The van der Waals surface area contributed by atoms with Gasteiger partial charge in [0.2, 0.25) is 0 Å². The second-order valence-corrected chi connectivity index (χ2v) is 4.36. The van der Waals surface area contributed by atoms with Gasteiger partial charge in [0.15, 0.2) is 0 Å². The molecular formula is C14H13NO5. The third-order valence-electron chi connectivity index (χ3n) is 2.84. The molecule has 1 aromatic rings. The number of ether oxygens (including phenoxy) is 2. The van der Waals surface area contributed by atoms with Crippen molar-refractivity contribution >= 4 is 17.2 Å². The smallest absolute Gasteiger partial charge is 0.336 e. The minimum Gasteiger partial charge on any atom is -0.458 e. The van der Waals surface area contributed by atoms with Gasteiger partial charge in [-0.15, -0.1) is 0 Å². The van der Waals surface area contributed by atoms with Crippen molar-refractivity contribution in [2.75, 3.05) is 0 Å². The monoisotopic (exact) mass is 275 g/mol. The Morgan fingerprint density at radius 3 is 2.55 bits per heavy atom. The summed E-state index contributed by atoms with van der Waals surface area (Å²) in [6.07, 6.45) is 2.34. The lowest BCUT2D eigenvalue weighted by atomic mass is 10.1. The zero-order valence-electron chi connectivity index (χ0n) is 11.0. The second kappa shape index (κ2) is 5.56. The van der Waals surface area contributed by atoms with Crippen LogP contribution in [-0.2, 0) is 14.3 Å². The molecule has 20 heavy (non-hydrogen) atoms. The molecule has 6 nitrogen and oxygen atoms in total. The molecule has 1 aromatic carbocycles. The average Bonchev–Trinajstić information content (AvgIpc) is 2.75. The van der Waals surface area contributed by atoms with Crippen LogP contribution in [0.15, 0.2) is 42.2 Å². The number of cyclic esters (lactones) is 1. The Labute approximate surface area is 115 Å². The van der Waals surface area contributed by atoms with Crippen molar-refractivity contribution in [2.45, 2.75) is 20.1 Å². The molecule has 0 aliphatic carbocycles. The lowest BCUT2D eigenvalue weighted by molar-refractivity contribution is -0.384. The number of hydrogen-bond donors (Lipinski definition) is 0. The van der Waals surface area contributed by atoms with Crippen LogP contribution < -0.4 is 0 Å². The van der Waals surface area contributed by atoms with Crippen LogP contribution in [0, 0.1) is 10.1 Å². The van der Waals surface area contributed by atoms with E-state index >= 15 is 0 Å². The fourth-order valence-corrected chi connectivity index (χ4v) is 1.65. The highest BCUT2D eigenvalue weighted by molar-refractivity contribution is 5.89. The molecule has 0 spiro atoms. The number of rotatable bonds is 4. The van der Waals surface area contributed by atoms with E-state index in [9.17, 15) is 14.9 Å². The van der Waals surface area contributed by atoms with E-state index in [4.69, 9.17) is 9.47 Å². The Balaban J connectivity index is 2.04. The van der Waals surface area contributed by atoms with Gasteiger partial charge >= 0.3 is 5.97 Å². The Morgan fingerprint density at radius 1 is 1.40 bits per heavy atom. The molecule has 1 heterocycles. The lowest BCUT2D eigenvalue weighted by Gasteiger charge is -2.08. The Morgan fingerprint density at radius 2 is 2.05 bits per heavy atom. The van der Waals surface area contributed by atoms with Crippen molar-refractivity contribution < 1.29 is 19.2 Å². The summed E-state index contributed by atoms with van der Waals surface area (Å²) in [5.74, 6) is -0.392. The van der Waals surface area contributed by atoms with Crippen LogP contribution >= 0.6 is 0 Å². The van der Waals surface area contributed by atoms with Crippen molar-refractivity contribution in [3.8, 4) is 0 Å². The molecule has 2 rings (SSSR count). The van der Waals surface area contributed by atoms with E-state index in [0.717, 1.165) is 11.1 Å². The molecule has 0 fully saturated rings. The molecule has 0 bridgehead atoms. The highest BCUT2D eigenvalue weighted by Gasteiger charge is 2.22. The third kappa shape index (κ3) is 3.03. The van der Waals surface area contributed by atoms with E-state index in [2.05, 4.69) is 0 Å². The zero-order valence-corrected chi connectivity index (χ0v) is 11.0. The Bertz CT molecular complexity index is 600.